The Morgan fingerprint density at radius 1 is 1.57 bits per heavy atom. The van der Waals surface area contributed by atoms with Crippen molar-refractivity contribution >= 4 is 15.9 Å². The van der Waals surface area contributed by atoms with E-state index in [0.29, 0.717) is 5.88 Å². The number of nitrogens with one attached hydrogen (secondary N) is 1. The minimum absolute atomic E-state index is 0.691. The Balaban J connectivity index is 2.67. The predicted octanol–water partition coefficient (Wildman–Crippen LogP) is 2.35. The van der Waals surface area contributed by atoms with Gasteiger partial charge in [0.25, 0.3) is 0 Å². The van der Waals surface area contributed by atoms with Crippen LogP contribution in [0.5, 0.6) is 5.88 Å². The highest BCUT2D eigenvalue weighted by atomic mass is 79.9. The van der Waals surface area contributed by atoms with E-state index in [2.05, 4.69) is 33.2 Å². The van der Waals surface area contributed by atoms with Crippen LogP contribution >= 0.6 is 15.9 Å². The van der Waals surface area contributed by atoms with Crippen molar-refractivity contribution in [1.82, 2.24) is 10.3 Å². The van der Waals surface area contributed by atoms with E-state index in [0.717, 1.165) is 29.5 Å². The molecule has 14 heavy (non-hydrogen) atoms. The summed E-state index contributed by atoms with van der Waals surface area (Å²) in [5, 5.41) is 3.31. The number of halogens is 1. The van der Waals surface area contributed by atoms with E-state index >= 15 is 0 Å². The first-order valence-electron chi connectivity index (χ1n) is 4.67. The third kappa shape index (κ3) is 3.27. The lowest BCUT2D eigenvalue weighted by Crippen LogP contribution is -2.14. The SMILES string of the molecule is CCCNCc1cc(Br)cnc1OC. The maximum atomic E-state index is 5.16. The van der Waals surface area contributed by atoms with Crippen molar-refractivity contribution in [2.75, 3.05) is 13.7 Å². The Labute approximate surface area is 93.0 Å². The third-order valence-corrected chi connectivity index (χ3v) is 2.26. The molecule has 0 aliphatic carbocycles. The van der Waals surface area contributed by atoms with Gasteiger partial charge in [0.15, 0.2) is 0 Å². The quantitative estimate of drug-likeness (QED) is 0.824. The van der Waals surface area contributed by atoms with Crippen LogP contribution in [0.25, 0.3) is 0 Å². The van der Waals surface area contributed by atoms with Gasteiger partial charge in [-0.1, -0.05) is 6.92 Å². The summed E-state index contributed by atoms with van der Waals surface area (Å²) in [4.78, 5) is 4.17. The second kappa shape index (κ2) is 5.98. The van der Waals surface area contributed by atoms with Crippen LogP contribution in [0.15, 0.2) is 16.7 Å². The Hall–Kier alpha value is -0.610. The summed E-state index contributed by atoms with van der Waals surface area (Å²) in [5.41, 5.74) is 1.08. The lowest BCUT2D eigenvalue weighted by molar-refractivity contribution is 0.390. The molecule has 0 radical (unpaired) electrons. The van der Waals surface area contributed by atoms with Crippen molar-refractivity contribution in [3.8, 4) is 5.88 Å². The van der Waals surface area contributed by atoms with Gasteiger partial charge in [-0.25, -0.2) is 4.98 Å². The van der Waals surface area contributed by atoms with Crippen molar-refractivity contribution in [2.45, 2.75) is 19.9 Å². The molecule has 0 aliphatic rings. The zero-order chi connectivity index (χ0) is 10.4. The molecule has 0 atom stereocenters. The Bertz CT molecular complexity index is 291. The number of methoxy groups -OCH3 is 1. The number of hydrogen-bond acceptors (Lipinski definition) is 3. The minimum Gasteiger partial charge on any atom is -0.481 e. The zero-order valence-corrected chi connectivity index (χ0v) is 10.1. The van der Waals surface area contributed by atoms with Gasteiger partial charge in [0.2, 0.25) is 5.88 Å². The molecule has 0 fully saturated rings. The van der Waals surface area contributed by atoms with Crippen LogP contribution < -0.4 is 10.1 Å². The number of nitrogens with zero attached hydrogens (tertiary/aromatic N) is 1. The van der Waals surface area contributed by atoms with Crippen LogP contribution in [0.1, 0.15) is 18.9 Å². The molecule has 0 saturated carbocycles. The molecule has 1 rings (SSSR count). The normalized spacial score (nSPS) is 10.2. The molecule has 78 valence electrons. The number of pyridine rings is 1. The van der Waals surface area contributed by atoms with Crippen LogP contribution in [0.3, 0.4) is 0 Å². The van der Waals surface area contributed by atoms with Gasteiger partial charge in [-0.15, -0.1) is 0 Å². The molecule has 0 saturated heterocycles. The Morgan fingerprint density at radius 3 is 3.00 bits per heavy atom. The molecule has 1 heterocycles. The Kier molecular flexibility index (Phi) is 4.90. The first-order valence-corrected chi connectivity index (χ1v) is 5.46. The van der Waals surface area contributed by atoms with Gasteiger partial charge in [0.05, 0.1) is 7.11 Å². The number of rotatable bonds is 5. The van der Waals surface area contributed by atoms with Crippen LogP contribution in [-0.2, 0) is 6.54 Å². The largest absolute Gasteiger partial charge is 0.481 e. The molecular formula is C10H15BrN2O. The first-order chi connectivity index (χ1) is 6.77. The highest BCUT2D eigenvalue weighted by molar-refractivity contribution is 9.10. The van der Waals surface area contributed by atoms with Gasteiger partial charge in [-0.3, -0.25) is 0 Å². The summed E-state index contributed by atoms with van der Waals surface area (Å²) in [7, 11) is 1.64. The van der Waals surface area contributed by atoms with Crippen molar-refractivity contribution < 1.29 is 4.74 Å². The molecule has 1 aromatic rings. The molecule has 0 aromatic carbocycles. The summed E-state index contributed by atoms with van der Waals surface area (Å²) in [6, 6.07) is 2.02. The molecule has 0 bridgehead atoms. The van der Waals surface area contributed by atoms with Gasteiger partial charge in [-0.05, 0) is 35.0 Å². The van der Waals surface area contributed by atoms with E-state index in [-0.39, 0.29) is 0 Å². The maximum absolute atomic E-state index is 5.16. The first kappa shape index (κ1) is 11.5. The number of ether oxygens (including phenoxy) is 1. The average Bonchev–Trinajstić information content (AvgIpc) is 2.19. The van der Waals surface area contributed by atoms with Crippen LogP contribution in [-0.4, -0.2) is 18.6 Å². The van der Waals surface area contributed by atoms with E-state index in [1.54, 1.807) is 13.3 Å². The highest BCUT2D eigenvalue weighted by Gasteiger charge is 2.03. The summed E-state index contributed by atoms with van der Waals surface area (Å²) >= 11 is 3.39. The van der Waals surface area contributed by atoms with Gasteiger partial charge in [-0.2, -0.15) is 0 Å². The number of aromatic nitrogens is 1. The van der Waals surface area contributed by atoms with Crippen molar-refractivity contribution in [1.29, 1.82) is 0 Å². The molecule has 0 unspecified atom stereocenters. The standard InChI is InChI=1S/C10H15BrN2O/c1-3-4-12-6-8-5-9(11)7-13-10(8)14-2/h5,7,12H,3-4,6H2,1-2H3. The van der Waals surface area contributed by atoms with E-state index in [1.807, 2.05) is 6.07 Å². The molecule has 0 amide bonds. The summed E-state index contributed by atoms with van der Waals surface area (Å²) in [6.07, 6.45) is 2.87. The fraction of sp³-hybridized carbons (Fsp3) is 0.500. The van der Waals surface area contributed by atoms with Gasteiger partial charge < -0.3 is 10.1 Å². The zero-order valence-electron chi connectivity index (χ0n) is 8.51. The van der Waals surface area contributed by atoms with E-state index < -0.39 is 0 Å². The highest BCUT2D eigenvalue weighted by Crippen LogP contribution is 2.19. The van der Waals surface area contributed by atoms with Gasteiger partial charge >= 0.3 is 0 Å². The van der Waals surface area contributed by atoms with E-state index in [9.17, 15) is 0 Å². The molecule has 1 N–H and O–H groups in total. The van der Waals surface area contributed by atoms with Crippen molar-refractivity contribution in [2.24, 2.45) is 0 Å². The lowest BCUT2D eigenvalue weighted by atomic mass is 10.2. The summed E-state index contributed by atoms with van der Waals surface area (Å²) in [6.45, 7) is 3.95. The molecule has 0 aliphatic heterocycles. The topological polar surface area (TPSA) is 34.2 Å². The van der Waals surface area contributed by atoms with E-state index in [4.69, 9.17) is 4.74 Å². The van der Waals surface area contributed by atoms with Gasteiger partial charge in [0.1, 0.15) is 0 Å². The second-order valence-corrected chi connectivity index (χ2v) is 3.91. The predicted molar refractivity (Wildman–Crippen MR) is 60.5 cm³/mol. The fourth-order valence-electron chi connectivity index (χ4n) is 1.18. The van der Waals surface area contributed by atoms with Crippen molar-refractivity contribution in [3.63, 3.8) is 0 Å². The fourth-order valence-corrected chi connectivity index (χ4v) is 1.56. The third-order valence-electron chi connectivity index (χ3n) is 1.83. The smallest absolute Gasteiger partial charge is 0.217 e. The maximum Gasteiger partial charge on any atom is 0.217 e. The molecule has 1 aromatic heterocycles. The van der Waals surface area contributed by atoms with Crippen LogP contribution in [0.4, 0.5) is 0 Å². The van der Waals surface area contributed by atoms with Crippen molar-refractivity contribution in [3.05, 3.63) is 22.3 Å². The molecule has 0 spiro atoms. The molecule has 4 heteroatoms. The number of hydrogen-bond donors (Lipinski definition) is 1. The molecular weight excluding hydrogens is 244 g/mol. The monoisotopic (exact) mass is 258 g/mol. The van der Waals surface area contributed by atoms with E-state index in [1.165, 1.54) is 0 Å². The van der Waals surface area contributed by atoms with Crippen LogP contribution in [0.2, 0.25) is 0 Å². The minimum atomic E-state index is 0.691. The summed E-state index contributed by atoms with van der Waals surface area (Å²) < 4.78 is 6.14. The second-order valence-electron chi connectivity index (χ2n) is 3.00. The average molecular weight is 259 g/mol. The lowest BCUT2D eigenvalue weighted by Gasteiger charge is -2.08. The Morgan fingerprint density at radius 2 is 2.36 bits per heavy atom. The van der Waals surface area contributed by atoms with Gasteiger partial charge in [0, 0.05) is 22.8 Å². The summed E-state index contributed by atoms with van der Waals surface area (Å²) in [5.74, 6) is 0.691. The van der Waals surface area contributed by atoms with Crippen LogP contribution in [0, 0.1) is 0 Å². The molecule has 3 nitrogen and oxygen atoms in total.